The van der Waals surface area contributed by atoms with Gasteiger partial charge in [-0.1, -0.05) is 152 Å². The molecule has 0 unspecified atom stereocenters. The molecular weight excluding hydrogens is 699 g/mol. The number of furan rings is 1. The van der Waals surface area contributed by atoms with Crippen LogP contribution in [0.2, 0.25) is 0 Å². The summed E-state index contributed by atoms with van der Waals surface area (Å²) in [4.78, 5) is 3.93. The van der Waals surface area contributed by atoms with Gasteiger partial charge in [0.2, 0.25) is 0 Å². The fourth-order valence-electron chi connectivity index (χ4n) is 11.0. The Kier molecular flexibility index (Phi) is 5.42. The number of hydrogen-bond acceptors (Lipinski definition) is 3. The Hall–Kier alpha value is -6.82. The van der Waals surface area contributed by atoms with E-state index in [-0.39, 0.29) is 6.85 Å². The zero-order valence-corrected chi connectivity index (χ0v) is 30.8. The van der Waals surface area contributed by atoms with Gasteiger partial charge in [0.15, 0.2) is 0 Å². The first kappa shape index (κ1) is 29.5. The van der Waals surface area contributed by atoms with Gasteiger partial charge >= 0.3 is 6.85 Å². The van der Waals surface area contributed by atoms with Crippen LogP contribution in [0, 0.1) is 0 Å². The lowest BCUT2D eigenvalue weighted by Crippen LogP contribution is -2.58. The molecule has 0 atom stereocenters. The van der Waals surface area contributed by atoms with Gasteiger partial charge in [-0.05, 0) is 57.4 Å². The fourth-order valence-corrected chi connectivity index (χ4v) is 12.3. The van der Waals surface area contributed by atoms with Crippen molar-refractivity contribution in [2.45, 2.75) is 5.41 Å². The van der Waals surface area contributed by atoms with Crippen LogP contribution in [0.25, 0.3) is 64.3 Å². The van der Waals surface area contributed by atoms with Crippen molar-refractivity contribution in [3.63, 3.8) is 0 Å². The van der Waals surface area contributed by atoms with Crippen LogP contribution in [0.3, 0.4) is 0 Å². The molecule has 0 saturated carbocycles. The predicted molar refractivity (Wildman–Crippen MR) is 235 cm³/mol. The van der Waals surface area contributed by atoms with E-state index in [1.165, 1.54) is 92.6 Å². The maximum Gasteiger partial charge on any atom is 0.333 e. The Balaban J connectivity index is 1.23. The van der Waals surface area contributed by atoms with Gasteiger partial charge in [-0.2, -0.15) is 0 Å². The maximum absolute atomic E-state index is 6.98. The van der Waals surface area contributed by atoms with Crippen LogP contribution in [0.15, 0.2) is 180 Å². The van der Waals surface area contributed by atoms with Crippen LogP contribution in [0.4, 0.5) is 17.1 Å². The minimum absolute atomic E-state index is 0.0821. The van der Waals surface area contributed by atoms with Gasteiger partial charge < -0.3 is 13.8 Å². The number of hydrogen-bond donors (Lipinski definition) is 0. The Morgan fingerprint density at radius 1 is 0.554 bits per heavy atom. The monoisotopic (exact) mass is 728 g/mol. The van der Waals surface area contributed by atoms with E-state index in [4.69, 9.17) is 4.42 Å². The van der Waals surface area contributed by atoms with E-state index in [1.54, 1.807) is 0 Å². The largest absolute Gasteiger partial charge is 0.455 e. The zero-order chi connectivity index (χ0) is 36.3. The number of rotatable bonds is 2. The van der Waals surface area contributed by atoms with Crippen LogP contribution in [-0.4, -0.2) is 11.3 Å². The molecule has 5 heteroatoms. The van der Waals surface area contributed by atoms with Gasteiger partial charge in [0.25, 0.3) is 0 Å². The molecular formula is C51H29BN2OS. The van der Waals surface area contributed by atoms with E-state index in [2.05, 4.69) is 185 Å². The lowest BCUT2D eigenvalue weighted by atomic mass is 9.44. The quantitative estimate of drug-likeness (QED) is 0.165. The van der Waals surface area contributed by atoms with Crippen LogP contribution < -0.4 is 15.8 Å². The normalized spacial score (nSPS) is 14.5. The van der Waals surface area contributed by atoms with Gasteiger partial charge in [0, 0.05) is 59.6 Å². The molecule has 0 radical (unpaired) electrons. The van der Waals surface area contributed by atoms with Crippen molar-refractivity contribution in [2.24, 2.45) is 0 Å². The lowest BCUT2D eigenvalue weighted by Gasteiger charge is -2.50. The first-order valence-electron chi connectivity index (χ1n) is 19.4. The van der Waals surface area contributed by atoms with E-state index < -0.39 is 5.41 Å². The van der Waals surface area contributed by atoms with E-state index in [9.17, 15) is 0 Å². The van der Waals surface area contributed by atoms with Crippen LogP contribution >= 0.6 is 11.3 Å². The van der Waals surface area contributed by atoms with Gasteiger partial charge in [-0.15, -0.1) is 11.3 Å². The lowest BCUT2D eigenvalue weighted by molar-refractivity contribution is 0.670. The highest BCUT2D eigenvalue weighted by Gasteiger charge is 2.52. The van der Waals surface area contributed by atoms with Crippen LogP contribution in [-0.2, 0) is 5.41 Å². The Morgan fingerprint density at radius 3 is 2.07 bits per heavy atom. The minimum Gasteiger partial charge on any atom is -0.455 e. The fraction of sp³-hybridized carbons (Fsp3) is 0.0196. The molecule has 56 heavy (non-hydrogen) atoms. The van der Waals surface area contributed by atoms with Gasteiger partial charge in [0.05, 0.1) is 15.9 Å². The third-order valence-electron chi connectivity index (χ3n) is 13.0. The number of fused-ring (bicyclic) bond motifs is 15. The predicted octanol–water partition coefficient (Wildman–Crippen LogP) is 12.0. The molecule has 8 aromatic carbocycles. The highest BCUT2D eigenvalue weighted by molar-refractivity contribution is 7.26. The highest BCUT2D eigenvalue weighted by atomic mass is 32.1. The first-order chi connectivity index (χ1) is 27.8. The minimum atomic E-state index is -0.556. The molecule has 6 heterocycles. The molecule has 14 rings (SSSR count). The molecule has 3 nitrogen and oxygen atoms in total. The number of nitrogens with zero attached hydrogens (tertiary/aromatic N) is 2. The van der Waals surface area contributed by atoms with Crippen molar-refractivity contribution in [3.8, 4) is 11.1 Å². The van der Waals surface area contributed by atoms with E-state index >= 15 is 0 Å². The summed E-state index contributed by atoms with van der Waals surface area (Å²) in [5, 5.41) is 6.26. The molecule has 3 aliphatic heterocycles. The van der Waals surface area contributed by atoms with E-state index in [0.29, 0.717) is 0 Å². The second-order valence-electron chi connectivity index (χ2n) is 15.5. The topological polar surface area (TPSA) is 21.3 Å². The standard InChI is InChI=1S/C51H29BN2OS/c1-3-15-30(16-4-1)51(31-17-5-2-6-18-31)37-23-9-10-26-40(37)53-41-29-36-32-19-7-11-27-42(32)55-49(36)45-35-22-13-21-34-44-33-20-8-12-28-43(33)56-50(44)54(47(34)35)52(46(41)45)39-25-14-24-38(51)48(39)53/h1-29H. The molecule has 0 aliphatic carbocycles. The molecule has 0 bridgehead atoms. The van der Waals surface area contributed by atoms with Gasteiger partial charge in [-0.25, -0.2) is 0 Å². The summed E-state index contributed by atoms with van der Waals surface area (Å²) >= 11 is 1.92. The summed E-state index contributed by atoms with van der Waals surface area (Å²) in [6.45, 7) is -0.0821. The van der Waals surface area contributed by atoms with Crippen molar-refractivity contribution in [1.82, 2.24) is 4.48 Å². The molecule has 3 aromatic heterocycles. The second kappa shape index (κ2) is 10.3. The average molecular weight is 729 g/mol. The summed E-state index contributed by atoms with van der Waals surface area (Å²) in [5.41, 5.74) is 16.5. The molecule has 3 aliphatic rings. The number of para-hydroxylation sites is 4. The molecule has 0 fully saturated rings. The Bertz CT molecular complexity index is 3460. The third-order valence-corrected chi connectivity index (χ3v) is 14.2. The summed E-state index contributed by atoms with van der Waals surface area (Å²) in [6.07, 6.45) is 0. The number of thiophene rings is 1. The molecule has 0 spiro atoms. The molecule has 0 amide bonds. The third kappa shape index (κ3) is 3.32. The highest BCUT2D eigenvalue weighted by Crippen LogP contribution is 2.59. The van der Waals surface area contributed by atoms with Crippen molar-refractivity contribution in [3.05, 3.63) is 198 Å². The van der Waals surface area contributed by atoms with Gasteiger partial charge in [0.1, 0.15) is 11.2 Å². The maximum atomic E-state index is 6.98. The molecule has 0 N–H and O–H groups in total. The smallest absolute Gasteiger partial charge is 0.333 e. The Labute approximate surface area is 326 Å². The van der Waals surface area contributed by atoms with Crippen molar-refractivity contribution in [2.75, 3.05) is 4.90 Å². The summed E-state index contributed by atoms with van der Waals surface area (Å²) < 4.78 is 11.0. The molecule has 258 valence electrons. The zero-order valence-electron chi connectivity index (χ0n) is 30.0. The number of anilines is 3. The average Bonchev–Trinajstić information content (AvgIpc) is 3.93. The van der Waals surface area contributed by atoms with Crippen LogP contribution in [0.5, 0.6) is 0 Å². The van der Waals surface area contributed by atoms with Crippen LogP contribution in [0.1, 0.15) is 22.3 Å². The van der Waals surface area contributed by atoms with Crippen molar-refractivity contribution < 1.29 is 4.42 Å². The number of aromatic nitrogens is 1. The second-order valence-corrected chi connectivity index (χ2v) is 16.5. The SMILES string of the molecule is c1ccc(C2(c3ccccc3)c3ccccc3N3c4cc5c(oc6ccccc65)c5c4B(c4cccc2c43)n2c3sc4ccccc4c3c3cccc-5c32)cc1. The van der Waals surface area contributed by atoms with E-state index in [0.717, 1.165) is 21.9 Å². The van der Waals surface area contributed by atoms with Crippen molar-refractivity contribution in [1.29, 1.82) is 0 Å². The number of benzene rings is 8. The van der Waals surface area contributed by atoms with E-state index in [1.807, 2.05) is 11.3 Å². The molecule has 11 aromatic rings. The summed E-state index contributed by atoms with van der Waals surface area (Å²) in [7, 11) is 0. The Morgan fingerprint density at radius 2 is 1.23 bits per heavy atom. The van der Waals surface area contributed by atoms with Gasteiger partial charge in [-0.3, -0.25) is 0 Å². The summed E-state index contributed by atoms with van der Waals surface area (Å²) in [5.74, 6) is 0. The first-order valence-corrected chi connectivity index (χ1v) is 20.2. The van der Waals surface area contributed by atoms with Crippen molar-refractivity contribution >= 4 is 99.3 Å². The molecule has 0 saturated heterocycles. The summed E-state index contributed by atoms with van der Waals surface area (Å²) in [6, 6.07) is 65.4.